The monoisotopic (exact) mass is 141 g/mol. The Kier molecular flexibility index (Phi) is 3.84. The van der Waals surface area contributed by atoms with Crippen LogP contribution in [0.15, 0.2) is 17.3 Å². The van der Waals surface area contributed by atoms with Crippen molar-refractivity contribution in [3.05, 3.63) is 12.2 Å². The predicted molar refractivity (Wildman–Crippen MR) is 33.9 cm³/mol. The maximum Gasteiger partial charge on any atom is 0.276 e. The zero-order valence-corrected chi connectivity index (χ0v) is 5.59. The molecule has 0 aromatic carbocycles. The van der Waals surface area contributed by atoms with Crippen molar-refractivity contribution in [3.63, 3.8) is 0 Å². The van der Waals surface area contributed by atoms with E-state index in [0.717, 1.165) is 6.08 Å². The first-order chi connectivity index (χ1) is 4.68. The zero-order chi connectivity index (χ0) is 7.98. The van der Waals surface area contributed by atoms with E-state index < -0.39 is 0 Å². The van der Waals surface area contributed by atoms with E-state index in [1.54, 1.807) is 6.92 Å². The van der Waals surface area contributed by atoms with Gasteiger partial charge in [-0.1, -0.05) is 6.58 Å². The van der Waals surface area contributed by atoms with E-state index in [1.165, 1.54) is 0 Å². The Morgan fingerprint density at radius 1 is 1.80 bits per heavy atom. The van der Waals surface area contributed by atoms with Gasteiger partial charge in [-0.3, -0.25) is 4.79 Å². The van der Waals surface area contributed by atoms with Crippen molar-refractivity contribution in [3.8, 4) is 0 Å². The Hall–Kier alpha value is -1.41. The molecule has 0 N–H and O–H groups in total. The van der Waals surface area contributed by atoms with Crippen molar-refractivity contribution in [1.82, 2.24) is 0 Å². The summed E-state index contributed by atoms with van der Waals surface area (Å²) in [4.78, 5) is 24.2. The SMILES string of the molecule is C=C(C)C(=O)CON=C=O. The molecule has 54 valence electrons. The minimum absolute atomic E-state index is 0.245. The molecule has 0 aliphatic carbocycles. The van der Waals surface area contributed by atoms with Gasteiger partial charge in [0.15, 0.2) is 12.4 Å². The first-order valence-electron chi connectivity index (χ1n) is 2.56. The molecule has 10 heavy (non-hydrogen) atoms. The third-order valence-electron chi connectivity index (χ3n) is 0.773. The van der Waals surface area contributed by atoms with Gasteiger partial charge in [0.25, 0.3) is 6.08 Å². The van der Waals surface area contributed by atoms with Gasteiger partial charge in [0, 0.05) is 5.16 Å². The van der Waals surface area contributed by atoms with E-state index in [-0.39, 0.29) is 12.4 Å². The predicted octanol–water partition coefficient (Wildman–Crippen LogP) is 0.399. The average molecular weight is 141 g/mol. The minimum Gasteiger partial charge on any atom is -0.378 e. The summed E-state index contributed by atoms with van der Waals surface area (Å²) in [6.07, 6.45) is 1.13. The molecule has 0 rings (SSSR count). The molecule has 0 spiro atoms. The highest BCUT2D eigenvalue weighted by atomic mass is 16.6. The van der Waals surface area contributed by atoms with E-state index in [2.05, 4.69) is 16.6 Å². The molecule has 0 amide bonds. The van der Waals surface area contributed by atoms with Crippen LogP contribution in [0.1, 0.15) is 6.92 Å². The zero-order valence-electron chi connectivity index (χ0n) is 5.59. The Morgan fingerprint density at radius 3 is 2.80 bits per heavy atom. The summed E-state index contributed by atoms with van der Waals surface area (Å²) in [5, 5.41) is 2.73. The molecule has 0 unspecified atom stereocenters. The van der Waals surface area contributed by atoms with Crippen LogP contribution in [0.4, 0.5) is 0 Å². The van der Waals surface area contributed by atoms with Gasteiger partial charge in [-0.2, -0.15) is 0 Å². The smallest absolute Gasteiger partial charge is 0.276 e. The van der Waals surface area contributed by atoms with E-state index in [4.69, 9.17) is 0 Å². The Morgan fingerprint density at radius 2 is 2.40 bits per heavy atom. The third kappa shape index (κ3) is 3.57. The molecule has 0 saturated carbocycles. The molecule has 4 nitrogen and oxygen atoms in total. The Labute approximate surface area is 58.2 Å². The number of carbonyl (C=O) groups is 1. The molecule has 0 aliphatic heterocycles. The van der Waals surface area contributed by atoms with Crippen LogP contribution >= 0.6 is 0 Å². The van der Waals surface area contributed by atoms with Gasteiger partial charge < -0.3 is 4.84 Å². The number of isocyanates is 1. The van der Waals surface area contributed by atoms with Crippen molar-refractivity contribution in [2.24, 2.45) is 5.16 Å². The van der Waals surface area contributed by atoms with Crippen molar-refractivity contribution < 1.29 is 14.4 Å². The van der Waals surface area contributed by atoms with Crippen LogP contribution in [0, 0.1) is 0 Å². The van der Waals surface area contributed by atoms with E-state index >= 15 is 0 Å². The van der Waals surface area contributed by atoms with Crippen LogP contribution in [0.3, 0.4) is 0 Å². The van der Waals surface area contributed by atoms with Crippen LogP contribution in [-0.4, -0.2) is 18.5 Å². The lowest BCUT2D eigenvalue weighted by Gasteiger charge is -1.93. The minimum atomic E-state index is -0.279. The second kappa shape index (κ2) is 4.47. The van der Waals surface area contributed by atoms with E-state index in [0.29, 0.717) is 5.57 Å². The molecule has 0 aliphatic rings. The molecule has 0 saturated heterocycles. The standard InChI is InChI=1S/C6H7NO3/c1-5(2)6(9)3-10-7-4-8/h1,3H2,2H3. The number of nitrogens with zero attached hydrogens (tertiary/aromatic N) is 1. The highest BCUT2D eigenvalue weighted by Gasteiger charge is 2.00. The van der Waals surface area contributed by atoms with Crippen molar-refractivity contribution >= 4 is 11.9 Å². The van der Waals surface area contributed by atoms with Gasteiger partial charge in [0.2, 0.25) is 0 Å². The number of rotatable bonds is 4. The molecule has 0 aromatic rings. The summed E-state index contributed by atoms with van der Waals surface area (Å²) in [7, 11) is 0. The second-order valence-corrected chi connectivity index (χ2v) is 1.66. The number of hydrogen-bond donors (Lipinski definition) is 0. The molecule has 4 heteroatoms. The fraction of sp³-hybridized carbons (Fsp3) is 0.333. The molecular weight excluding hydrogens is 134 g/mol. The number of carbonyl (C=O) groups excluding carboxylic acids is 2. The Bertz CT molecular complexity index is 191. The number of ketones is 1. The largest absolute Gasteiger partial charge is 0.378 e. The fourth-order valence-corrected chi connectivity index (χ4v) is 0.240. The molecule has 0 bridgehead atoms. The topological polar surface area (TPSA) is 55.7 Å². The highest BCUT2D eigenvalue weighted by Crippen LogP contribution is 1.89. The molecule has 0 radical (unpaired) electrons. The van der Waals surface area contributed by atoms with Crippen LogP contribution in [0.5, 0.6) is 0 Å². The lowest BCUT2D eigenvalue weighted by atomic mass is 10.2. The van der Waals surface area contributed by atoms with Crippen molar-refractivity contribution in [1.29, 1.82) is 0 Å². The number of Topliss-reactive ketones (excluding diaryl/α,β-unsaturated/α-hetero) is 1. The van der Waals surface area contributed by atoms with Gasteiger partial charge in [0.05, 0.1) is 0 Å². The van der Waals surface area contributed by atoms with Gasteiger partial charge in [-0.15, -0.1) is 0 Å². The summed E-state index contributed by atoms with van der Waals surface area (Å²) in [6, 6.07) is 0. The lowest BCUT2D eigenvalue weighted by molar-refractivity contribution is -0.119. The van der Waals surface area contributed by atoms with E-state index in [1.807, 2.05) is 0 Å². The summed E-state index contributed by atoms with van der Waals surface area (Å²) in [5.74, 6) is -0.279. The van der Waals surface area contributed by atoms with Crippen molar-refractivity contribution in [2.45, 2.75) is 6.92 Å². The van der Waals surface area contributed by atoms with Gasteiger partial charge in [0.1, 0.15) is 0 Å². The average Bonchev–Trinajstić information content (AvgIpc) is 1.88. The molecule has 0 aromatic heterocycles. The van der Waals surface area contributed by atoms with Crippen molar-refractivity contribution in [2.75, 3.05) is 6.61 Å². The highest BCUT2D eigenvalue weighted by molar-refractivity contribution is 5.95. The van der Waals surface area contributed by atoms with Crippen LogP contribution in [0.2, 0.25) is 0 Å². The quantitative estimate of drug-likeness (QED) is 0.246. The lowest BCUT2D eigenvalue weighted by Crippen LogP contribution is -2.05. The third-order valence-corrected chi connectivity index (χ3v) is 0.773. The first-order valence-corrected chi connectivity index (χ1v) is 2.56. The molecular formula is C6H7NO3. The van der Waals surface area contributed by atoms with E-state index in [9.17, 15) is 9.59 Å². The first kappa shape index (κ1) is 8.59. The summed E-state index contributed by atoms with van der Waals surface area (Å²) >= 11 is 0. The summed E-state index contributed by atoms with van der Waals surface area (Å²) < 4.78 is 0. The molecule has 0 atom stereocenters. The second-order valence-electron chi connectivity index (χ2n) is 1.66. The van der Waals surface area contributed by atoms with Gasteiger partial charge in [-0.05, 0) is 12.5 Å². The van der Waals surface area contributed by atoms with Gasteiger partial charge >= 0.3 is 0 Å². The van der Waals surface area contributed by atoms with Crippen LogP contribution in [-0.2, 0) is 14.4 Å². The fourth-order valence-electron chi connectivity index (χ4n) is 0.240. The maximum atomic E-state index is 10.6. The van der Waals surface area contributed by atoms with Crippen LogP contribution in [0.25, 0.3) is 0 Å². The number of hydrogen-bond acceptors (Lipinski definition) is 4. The van der Waals surface area contributed by atoms with Crippen LogP contribution < -0.4 is 0 Å². The Balaban J connectivity index is 3.60. The summed E-state index contributed by atoms with van der Waals surface area (Å²) in [6.45, 7) is 4.67. The molecule has 0 heterocycles. The normalized spacial score (nSPS) is 7.70. The van der Waals surface area contributed by atoms with Gasteiger partial charge in [-0.25, -0.2) is 4.79 Å². The summed E-state index contributed by atoms with van der Waals surface area (Å²) in [5.41, 5.74) is 0.376. The molecule has 0 fully saturated rings. The maximum absolute atomic E-state index is 10.6.